The van der Waals surface area contributed by atoms with Gasteiger partial charge >= 0.3 is 0 Å². The molecule has 0 amide bonds. The molecule has 4 nitrogen and oxygen atoms in total. The molecule has 98 valence electrons. The predicted octanol–water partition coefficient (Wildman–Crippen LogP) is 4.12. The fraction of sp³-hybridized carbons (Fsp3) is 0.231. The lowest BCUT2D eigenvalue weighted by Gasteiger charge is -2.13. The van der Waals surface area contributed by atoms with Crippen molar-refractivity contribution in [1.82, 2.24) is 0 Å². The zero-order valence-electron chi connectivity index (χ0n) is 10.4. The van der Waals surface area contributed by atoms with Crippen molar-refractivity contribution in [2.45, 2.75) is 20.0 Å². The Labute approximate surface area is 121 Å². The number of rotatable bonds is 4. The van der Waals surface area contributed by atoms with Crippen LogP contribution in [0, 0.1) is 22.7 Å². The molecule has 0 saturated heterocycles. The summed E-state index contributed by atoms with van der Waals surface area (Å²) in [4.78, 5) is 0. The number of nitrogens with zero attached hydrogens (tertiary/aromatic N) is 2. The molecular weight excluding hydrogens is 285 g/mol. The molecule has 1 rings (SSSR count). The number of halogens is 2. The Morgan fingerprint density at radius 1 is 1.26 bits per heavy atom. The predicted molar refractivity (Wildman–Crippen MR) is 75.2 cm³/mol. The molecular formula is C13H11Cl2N3O. The van der Waals surface area contributed by atoms with Gasteiger partial charge in [0.25, 0.3) is 0 Å². The summed E-state index contributed by atoms with van der Waals surface area (Å²) in [5.41, 5.74) is 0.446. The molecule has 0 radical (unpaired) electrons. The summed E-state index contributed by atoms with van der Waals surface area (Å²) in [5, 5.41) is 20.8. The fourth-order valence-electron chi connectivity index (χ4n) is 1.22. The summed E-state index contributed by atoms with van der Waals surface area (Å²) in [6, 6.07) is 6.63. The van der Waals surface area contributed by atoms with Gasteiger partial charge in [0.2, 0.25) is 0 Å². The Bertz CT molecular complexity index is 567. The van der Waals surface area contributed by atoms with E-state index in [1.54, 1.807) is 18.2 Å². The van der Waals surface area contributed by atoms with E-state index in [4.69, 9.17) is 38.5 Å². The van der Waals surface area contributed by atoms with Gasteiger partial charge in [0.15, 0.2) is 0 Å². The van der Waals surface area contributed by atoms with E-state index in [0.717, 1.165) is 0 Å². The van der Waals surface area contributed by atoms with Crippen molar-refractivity contribution in [3.8, 4) is 17.9 Å². The number of nitrogens with one attached hydrogen (secondary N) is 1. The molecule has 0 saturated carbocycles. The zero-order chi connectivity index (χ0) is 14.4. The van der Waals surface area contributed by atoms with Gasteiger partial charge in [0.05, 0.1) is 21.8 Å². The molecule has 0 aliphatic rings. The highest BCUT2D eigenvalue weighted by Crippen LogP contribution is 2.34. The molecule has 0 spiro atoms. The first-order valence-corrected chi connectivity index (χ1v) is 6.16. The van der Waals surface area contributed by atoms with E-state index in [9.17, 15) is 0 Å². The van der Waals surface area contributed by atoms with Crippen molar-refractivity contribution in [2.75, 3.05) is 5.32 Å². The molecule has 6 heteroatoms. The van der Waals surface area contributed by atoms with Crippen molar-refractivity contribution >= 4 is 28.9 Å². The molecule has 1 aromatic rings. The van der Waals surface area contributed by atoms with Gasteiger partial charge in [-0.1, -0.05) is 23.2 Å². The van der Waals surface area contributed by atoms with Crippen molar-refractivity contribution in [2.24, 2.45) is 0 Å². The van der Waals surface area contributed by atoms with Crippen LogP contribution in [-0.2, 0) is 0 Å². The molecule has 0 atom stereocenters. The van der Waals surface area contributed by atoms with Crippen molar-refractivity contribution in [1.29, 1.82) is 10.5 Å². The van der Waals surface area contributed by atoms with Crippen LogP contribution in [0.3, 0.4) is 0 Å². The lowest BCUT2D eigenvalue weighted by atomic mass is 10.2. The van der Waals surface area contributed by atoms with Crippen LogP contribution in [0.5, 0.6) is 5.75 Å². The standard InChI is InChI=1S/C13H11Cl2N3O/c1-8(2)19-13-4-12(10(14)3-11(13)15)18-7-9(5-16)6-17/h3-4,7-8,18H,1-2H3. The Kier molecular flexibility index (Phi) is 5.51. The number of allylic oxidation sites excluding steroid dienone is 1. The number of ether oxygens (including phenoxy) is 1. The number of hydrogen-bond acceptors (Lipinski definition) is 4. The van der Waals surface area contributed by atoms with E-state index in [1.807, 2.05) is 13.8 Å². The summed E-state index contributed by atoms with van der Waals surface area (Å²) in [6.45, 7) is 3.75. The van der Waals surface area contributed by atoms with E-state index in [0.29, 0.717) is 21.5 Å². The maximum atomic E-state index is 8.63. The van der Waals surface area contributed by atoms with E-state index >= 15 is 0 Å². The van der Waals surface area contributed by atoms with Gasteiger partial charge in [-0.2, -0.15) is 10.5 Å². The lowest BCUT2D eigenvalue weighted by Crippen LogP contribution is -2.06. The highest BCUT2D eigenvalue weighted by Gasteiger charge is 2.09. The zero-order valence-corrected chi connectivity index (χ0v) is 11.9. The van der Waals surface area contributed by atoms with Gasteiger partial charge in [0.1, 0.15) is 23.5 Å². The van der Waals surface area contributed by atoms with Crippen LogP contribution >= 0.6 is 23.2 Å². The average Bonchev–Trinajstić information content (AvgIpc) is 2.35. The molecule has 19 heavy (non-hydrogen) atoms. The molecule has 0 bridgehead atoms. The van der Waals surface area contributed by atoms with Gasteiger partial charge in [0, 0.05) is 12.3 Å². The average molecular weight is 296 g/mol. The van der Waals surface area contributed by atoms with Crippen LogP contribution < -0.4 is 10.1 Å². The van der Waals surface area contributed by atoms with Crippen LogP contribution in [0.2, 0.25) is 10.0 Å². The molecule has 1 N–H and O–H groups in total. The first-order chi connectivity index (χ1) is 8.97. The normalized spacial score (nSPS) is 9.42. The second kappa shape index (κ2) is 6.89. The highest BCUT2D eigenvalue weighted by atomic mass is 35.5. The summed E-state index contributed by atoms with van der Waals surface area (Å²) >= 11 is 12.0. The Morgan fingerprint density at radius 2 is 1.89 bits per heavy atom. The maximum absolute atomic E-state index is 8.63. The minimum absolute atomic E-state index is 0.0316. The Balaban J connectivity index is 3.06. The van der Waals surface area contributed by atoms with Crippen LogP contribution in [0.25, 0.3) is 0 Å². The molecule has 0 fully saturated rings. The topological polar surface area (TPSA) is 68.8 Å². The fourth-order valence-corrected chi connectivity index (χ4v) is 1.71. The number of benzene rings is 1. The second-order valence-corrected chi connectivity index (χ2v) is 4.67. The smallest absolute Gasteiger partial charge is 0.145 e. The quantitative estimate of drug-likeness (QED) is 0.848. The SMILES string of the molecule is CC(C)Oc1cc(NC=C(C#N)C#N)c(Cl)cc1Cl. The third kappa shape index (κ3) is 4.37. The van der Waals surface area contributed by atoms with Gasteiger partial charge in [-0.05, 0) is 19.9 Å². The van der Waals surface area contributed by atoms with E-state index in [-0.39, 0.29) is 11.7 Å². The first kappa shape index (κ1) is 15.2. The third-order valence-electron chi connectivity index (χ3n) is 2.00. The van der Waals surface area contributed by atoms with Crippen molar-refractivity contribution in [3.05, 3.63) is 34.0 Å². The molecule has 1 aromatic carbocycles. The minimum Gasteiger partial charge on any atom is -0.489 e. The van der Waals surface area contributed by atoms with E-state index in [2.05, 4.69) is 5.32 Å². The molecule has 0 unspecified atom stereocenters. The molecule has 0 aliphatic heterocycles. The monoisotopic (exact) mass is 295 g/mol. The van der Waals surface area contributed by atoms with Crippen molar-refractivity contribution in [3.63, 3.8) is 0 Å². The third-order valence-corrected chi connectivity index (χ3v) is 2.61. The largest absolute Gasteiger partial charge is 0.489 e. The van der Waals surface area contributed by atoms with Crippen LogP contribution in [0.4, 0.5) is 5.69 Å². The van der Waals surface area contributed by atoms with Gasteiger partial charge in [-0.25, -0.2) is 0 Å². The summed E-state index contributed by atoms with van der Waals surface area (Å²) < 4.78 is 5.52. The Hall–Kier alpha value is -1.88. The highest BCUT2D eigenvalue weighted by molar-refractivity contribution is 6.37. The lowest BCUT2D eigenvalue weighted by molar-refractivity contribution is 0.242. The van der Waals surface area contributed by atoms with Crippen LogP contribution in [0.1, 0.15) is 13.8 Å². The van der Waals surface area contributed by atoms with Crippen LogP contribution in [0.15, 0.2) is 23.9 Å². The van der Waals surface area contributed by atoms with Crippen LogP contribution in [-0.4, -0.2) is 6.10 Å². The first-order valence-electron chi connectivity index (χ1n) is 5.40. The minimum atomic E-state index is -0.0580. The molecule has 0 heterocycles. The Morgan fingerprint density at radius 3 is 2.42 bits per heavy atom. The molecule has 0 aliphatic carbocycles. The number of hydrogen-bond donors (Lipinski definition) is 1. The number of nitriles is 2. The van der Waals surface area contributed by atoms with Gasteiger partial charge < -0.3 is 10.1 Å². The van der Waals surface area contributed by atoms with Gasteiger partial charge in [-0.15, -0.1) is 0 Å². The summed E-state index contributed by atoms with van der Waals surface area (Å²) in [5.74, 6) is 0.479. The number of anilines is 1. The summed E-state index contributed by atoms with van der Waals surface area (Å²) in [7, 11) is 0. The maximum Gasteiger partial charge on any atom is 0.145 e. The van der Waals surface area contributed by atoms with E-state index < -0.39 is 0 Å². The van der Waals surface area contributed by atoms with Gasteiger partial charge in [-0.3, -0.25) is 0 Å². The molecule has 0 aromatic heterocycles. The van der Waals surface area contributed by atoms with Crippen molar-refractivity contribution < 1.29 is 4.74 Å². The second-order valence-electron chi connectivity index (χ2n) is 3.86. The van der Waals surface area contributed by atoms with E-state index in [1.165, 1.54) is 12.3 Å². The summed E-state index contributed by atoms with van der Waals surface area (Å²) in [6.07, 6.45) is 1.24.